The Labute approximate surface area is 105 Å². The Kier molecular flexibility index (Phi) is 2.51. The third-order valence-corrected chi connectivity index (χ3v) is 3.46. The quantitative estimate of drug-likeness (QED) is 0.828. The van der Waals surface area contributed by atoms with Gasteiger partial charge in [0.25, 0.3) is 5.56 Å². The highest BCUT2D eigenvalue weighted by Crippen LogP contribution is 2.39. The Morgan fingerprint density at radius 2 is 2.00 bits per heavy atom. The van der Waals surface area contributed by atoms with Crippen LogP contribution in [0.3, 0.4) is 0 Å². The molecular weight excluding hydrogens is 228 g/mol. The first-order valence-corrected chi connectivity index (χ1v) is 6.14. The highest BCUT2D eigenvalue weighted by atomic mass is 16.5. The lowest BCUT2D eigenvalue weighted by atomic mass is 10.3. The summed E-state index contributed by atoms with van der Waals surface area (Å²) < 4.78 is 8.94. The molecule has 1 aliphatic rings. The summed E-state index contributed by atoms with van der Waals surface area (Å²) in [5, 5.41) is 0. The zero-order valence-electron chi connectivity index (χ0n) is 10.6. The monoisotopic (exact) mass is 244 g/mol. The summed E-state index contributed by atoms with van der Waals surface area (Å²) in [6.07, 6.45) is 2.37. The number of aromatic nitrogens is 2. The predicted octanol–water partition coefficient (Wildman–Crippen LogP) is 2.06. The molecule has 0 saturated heterocycles. The second-order valence-corrected chi connectivity index (χ2v) is 4.69. The second kappa shape index (κ2) is 4.05. The number of rotatable bonds is 3. The first-order valence-electron chi connectivity index (χ1n) is 6.14. The molecule has 1 heterocycles. The normalized spacial score (nSPS) is 14.8. The van der Waals surface area contributed by atoms with E-state index in [-0.39, 0.29) is 5.56 Å². The molecule has 0 spiro atoms. The molecule has 1 aromatic heterocycles. The van der Waals surface area contributed by atoms with Gasteiger partial charge < -0.3 is 4.74 Å². The number of benzene rings is 1. The van der Waals surface area contributed by atoms with Gasteiger partial charge in [-0.1, -0.05) is 12.1 Å². The van der Waals surface area contributed by atoms with Gasteiger partial charge >= 0.3 is 0 Å². The Bertz CT molecular complexity index is 635. The molecule has 2 aromatic rings. The number of nitrogens with zero attached hydrogens (tertiary/aromatic N) is 2. The van der Waals surface area contributed by atoms with Gasteiger partial charge in [-0.15, -0.1) is 0 Å². The van der Waals surface area contributed by atoms with E-state index >= 15 is 0 Å². The summed E-state index contributed by atoms with van der Waals surface area (Å²) in [4.78, 5) is 12.1. The zero-order valence-corrected chi connectivity index (χ0v) is 10.6. The SMILES string of the molecule is COc1ccccc1-n1c(=O)cc(C2CC2)n1C. The molecule has 1 aromatic carbocycles. The van der Waals surface area contributed by atoms with Gasteiger partial charge in [-0.3, -0.25) is 9.48 Å². The molecule has 1 aliphatic carbocycles. The van der Waals surface area contributed by atoms with Gasteiger partial charge in [0.05, 0.1) is 7.11 Å². The third-order valence-electron chi connectivity index (χ3n) is 3.46. The first kappa shape index (κ1) is 11.1. The van der Waals surface area contributed by atoms with Gasteiger partial charge in [-0.05, 0) is 25.0 Å². The molecule has 0 amide bonds. The summed E-state index contributed by atoms with van der Waals surface area (Å²) >= 11 is 0. The van der Waals surface area contributed by atoms with Crippen LogP contribution in [0.1, 0.15) is 24.5 Å². The lowest BCUT2D eigenvalue weighted by Crippen LogP contribution is -2.20. The number of ether oxygens (including phenoxy) is 1. The first-order chi connectivity index (χ1) is 8.72. The maximum Gasteiger partial charge on any atom is 0.271 e. The van der Waals surface area contributed by atoms with Crippen molar-refractivity contribution in [1.82, 2.24) is 9.36 Å². The van der Waals surface area contributed by atoms with Gasteiger partial charge in [-0.25, -0.2) is 4.68 Å². The minimum atomic E-state index is 0.00361. The fourth-order valence-electron chi connectivity index (χ4n) is 2.39. The van der Waals surface area contributed by atoms with Crippen LogP contribution in [-0.4, -0.2) is 16.5 Å². The molecule has 94 valence electrons. The summed E-state index contributed by atoms with van der Waals surface area (Å²) in [5.74, 6) is 1.27. The molecule has 0 unspecified atom stereocenters. The molecule has 0 N–H and O–H groups in total. The van der Waals surface area contributed by atoms with E-state index in [1.807, 2.05) is 36.0 Å². The van der Waals surface area contributed by atoms with E-state index in [0.717, 1.165) is 11.4 Å². The highest BCUT2D eigenvalue weighted by Gasteiger charge is 2.28. The average Bonchev–Trinajstić information content (AvgIpc) is 3.17. The molecule has 4 nitrogen and oxygen atoms in total. The number of para-hydroxylation sites is 2. The number of hydrogen-bond donors (Lipinski definition) is 0. The average molecular weight is 244 g/mol. The van der Waals surface area contributed by atoms with Crippen LogP contribution in [0.15, 0.2) is 35.1 Å². The van der Waals surface area contributed by atoms with Crippen LogP contribution in [0.2, 0.25) is 0 Å². The van der Waals surface area contributed by atoms with E-state index in [4.69, 9.17) is 4.74 Å². The topological polar surface area (TPSA) is 36.2 Å². The van der Waals surface area contributed by atoms with Crippen molar-refractivity contribution >= 4 is 0 Å². The Morgan fingerprint density at radius 1 is 1.28 bits per heavy atom. The summed E-state index contributed by atoms with van der Waals surface area (Å²) in [5.41, 5.74) is 1.91. The molecule has 4 heteroatoms. The minimum absolute atomic E-state index is 0.00361. The lowest BCUT2D eigenvalue weighted by Gasteiger charge is -2.12. The summed E-state index contributed by atoms with van der Waals surface area (Å²) in [7, 11) is 3.55. The van der Waals surface area contributed by atoms with E-state index in [9.17, 15) is 4.79 Å². The van der Waals surface area contributed by atoms with Crippen LogP contribution in [0.25, 0.3) is 5.69 Å². The smallest absolute Gasteiger partial charge is 0.271 e. The van der Waals surface area contributed by atoms with Crippen molar-refractivity contribution < 1.29 is 4.74 Å². The second-order valence-electron chi connectivity index (χ2n) is 4.69. The zero-order chi connectivity index (χ0) is 12.7. The van der Waals surface area contributed by atoms with Crippen molar-refractivity contribution in [2.24, 2.45) is 7.05 Å². The third kappa shape index (κ3) is 1.65. The maximum absolute atomic E-state index is 12.1. The fraction of sp³-hybridized carbons (Fsp3) is 0.357. The van der Waals surface area contributed by atoms with Crippen LogP contribution < -0.4 is 10.3 Å². The molecule has 1 saturated carbocycles. The van der Waals surface area contributed by atoms with Crippen molar-refractivity contribution in [1.29, 1.82) is 0 Å². The van der Waals surface area contributed by atoms with Gasteiger partial charge in [0.2, 0.25) is 0 Å². The molecule has 0 aliphatic heterocycles. The fourth-order valence-corrected chi connectivity index (χ4v) is 2.39. The number of hydrogen-bond acceptors (Lipinski definition) is 2. The Balaban J connectivity index is 2.19. The van der Waals surface area contributed by atoms with Crippen molar-refractivity contribution in [2.75, 3.05) is 7.11 Å². The van der Waals surface area contributed by atoms with Gasteiger partial charge in [0.1, 0.15) is 11.4 Å². The van der Waals surface area contributed by atoms with Crippen molar-refractivity contribution in [2.45, 2.75) is 18.8 Å². The van der Waals surface area contributed by atoms with Crippen LogP contribution in [-0.2, 0) is 7.05 Å². The van der Waals surface area contributed by atoms with E-state index in [0.29, 0.717) is 11.7 Å². The van der Waals surface area contributed by atoms with Crippen LogP contribution in [0.5, 0.6) is 5.75 Å². The van der Waals surface area contributed by atoms with E-state index in [1.54, 1.807) is 17.9 Å². The van der Waals surface area contributed by atoms with E-state index < -0.39 is 0 Å². The Hall–Kier alpha value is -1.97. The van der Waals surface area contributed by atoms with Crippen LogP contribution in [0, 0.1) is 0 Å². The van der Waals surface area contributed by atoms with E-state index in [2.05, 4.69) is 0 Å². The molecule has 0 bridgehead atoms. The highest BCUT2D eigenvalue weighted by molar-refractivity contribution is 5.46. The molecular formula is C14H16N2O2. The molecule has 1 fully saturated rings. The largest absolute Gasteiger partial charge is 0.494 e. The van der Waals surface area contributed by atoms with Crippen molar-refractivity contribution in [3.8, 4) is 11.4 Å². The van der Waals surface area contributed by atoms with Gasteiger partial charge in [0, 0.05) is 24.7 Å². The molecule has 18 heavy (non-hydrogen) atoms. The minimum Gasteiger partial charge on any atom is -0.494 e. The summed E-state index contributed by atoms with van der Waals surface area (Å²) in [6, 6.07) is 9.32. The standard InChI is InChI=1S/C14H16N2O2/c1-15-12(10-7-8-10)9-14(17)16(15)11-5-3-4-6-13(11)18-2/h3-6,9-10H,7-8H2,1-2H3. The summed E-state index contributed by atoms with van der Waals surface area (Å²) in [6.45, 7) is 0. The van der Waals surface area contributed by atoms with Crippen LogP contribution in [0.4, 0.5) is 0 Å². The van der Waals surface area contributed by atoms with Crippen molar-refractivity contribution in [3.05, 3.63) is 46.4 Å². The molecule has 0 radical (unpaired) electrons. The maximum atomic E-state index is 12.1. The lowest BCUT2D eigenvalue weighted by molar-refractivity contribution is 0.408. The van der Waals surface area contributed by atoms with Gasteiger partial charge in [-0.2, -0.15) is 0 Å². The van der Waals surface area contributed by atoms with E-state index in [1.165, 1.54) is 12.8 Å². The molecule has 0 atom stereocenters. The van der Waals surface area contributed by atoms with Crippen molar-refractivity contribution in [3.63, 3.8) is 0 Å². The number of methoxy groups -OCH3 is 1. The predicted molar refractivity (Wildman–Crippen MR) is 69.5 cm³/mol. The Morgan fingerprint density at radius 3 is 2.67 bits per heavy atom. The van der Waals surface area contributed by atoms with Gasteiger partial charge in [0.15, 0.2) is 0 Å². The molecule has 3 rings (SSSR count). The van der Waals surface area contributed by atoms with Crippen LogP contribution >= 0.6 is 0 Å².